The van der Waals surface area contributed by atoms with Gasteiger partial charge in [-0.1, -0.05) is 12.1 Å². The molecule has 52 heavy (non-hydrogen) atoms. The van der Waals surface area contributed by atoms with Crippen molar-refractivity contribution < 1.29 is 38.2 Å². The van der Waals surface area contributed by atoms with Crippen molar-refractivity contribution in [2.75, 3.05) is 40.3 Å². The predicted molar refractivity (Wildman–Crippen MR) is 191 cm³/mol. The van der Waals surface area contributed by atoms with E-state index in [1.807, 2.05) is 39.0 Å². The zero-order valence-electron chi connectivity index (χ0n) is 30.4. The summed E-state index contributed by atoms with van der Waals surface area (Å²) in [5, 5.41) is 22.2. The van der Waals surface area contributed by atoms with E-state index in [-0.39, 0.29) is 73.0 Å². The van der Waals surface area contributed by atoms with Gasteiger partial charge >= 0.3 is 11.9 Å². The minimum Gasteiger partial charge on any atom is -0.481 e. The number of likely N-dealkylation sites (N-methyl/N-ethyl adjacent to an activating group) is 2. The van der Waals surface area contributed by atoms with Gasteiger partial charge in [0.2, 0.25) is 11.8 Å². The molecule has 2 N–H and O–H groups in total. The maximum absolute atomic E-state index is 15.6. The van der Waals surface area contributed by atoms with Gasteiger partial charge in [-0.25, -0.2) is 4.39 Å². The number of esters is 1. The zero-order chi connectivity index (χ0) is 38.0. The highest BCUT2D eigenvalue weighted by molar-refractivity contribution is 6.00. The van der Waals surface area contributed by atoms with E-state index in [4.69, 9.17) is 14.9 Å². The number of aliphatic carboxylic acids is 1. The van der Waals surface area contributed by atoms with Crippen LogP contribution in [0.3, 0.4) is 0 Å². The maximum atomic E-state index is 15.6. The average Bonchev–Trinajstić information content (AvgIpc) is 3.57. The van der Waals surface area contributed by atoms with E-state index < -0.39 is 5.97 Å². The van der Waals surface area contributed by atoms with Crippen LogP contribution in [0, 0.1) is 11.2 Å². The first-order valence-corrected chi connectivity index (χ1v) is 17.2. The van der Waals surface area contributed by atoms with Crippen LogP contribution in [-0.4, -0.2) is 110 Å². The summed E-state index contributed by atoms with van der Waals surface area (Å²) in [6, 6.07) is 8.80. The van der Waals surface area contributed by atoms with Crippen LogP contribution in [0.4, 0.5) is 4.39 Å². The molecule has 1 saturated heterocycles. The number of fused-ring (bicyclic) bond motifs is 2. The van der Waals surface area contributed by atoms with Gasteiger partial charge in [0.05, 0.1) is 42.4 Å². The van der Waals surface area contributed by atoms with Gasteiger partial charge < -0.3 is 29.8 Å². The number of carbonyl (C=O) groups is 5. The Kier molecular flexibility index (Phi) is 11.1. The fraction of sp³-hybridized carbons (Fsp3) is 0.486. The first-order chi connectivity index (χ1) is 24.5. The summed E-state index contributed by atoms with van der Waals surface area (Å²) >= 11 is 0. The summed E-state index contributed by atoms with van der Waals surface area (Å²) < 4.78 is 23.9. The van der Waals surface area contributed by atoms with Crippen molar-refractivity contribution in [2.45, 2.75) is 64.5 Å². The van der Waals surface area contributed by atoms with Crippen molar-refractivity contribution in [1.29, 1.82) is 0 Å². The highest BCUT2D eigenvalue weighted by Crippen LogP contribution is 2.57. The first-order valence-electron chi connectivity index (χ1n) is 17.2. The maximum Gasteiger partial charge on any atom is 0.320 e. The molecule has 1 aliphatic carbocycles. The lowest BCUT2D eigenvalue weighted by atomic mass is 9.56. The number of aromatic nitrogens is 4. The quantitative estimate of drug-likeness (QED) is 0.173. The molecule has 4 aromatic rings. The summed E-state index contributed by atoms with van der Waals surface area (Å²) in [4.78, 5) is 60.9. The van der Waals surface area contributed by atoms with Crippen molar-refractivity contribution in [3.63, 3.8) is 0 Å². The van der Waals surface area contributed by atoms with Gasteiger partial charge in [-0.15, -0.1) is 0 Å². The minimum atomic E-state index is -0.990. The number of hydrogen-bond acceptors (Lipinski definition) is 9. The van der Waals surface area contributed by atoms with Crippen molar-refractivity contribution in [3.05, 3.63) is 48.0 Å². The number of nitrogens with one attached hydrogen (secondary N) is 1. The van der Waals surface area contributed by atoms with Crippen LogP contribution in [0.25, 0.3) is 32.9 Å². The molecule has 278 valence electrons. The summed E-state index contributed by atoms with van der Waals surface area (Å²) in [6.07, 6.45) is 3.65. The molecular weight excluding hydrogens is 673 g/mol. The molecule has 2 amide bonds. The second-order valence-corrected chi connectivity index (χ2v) is 14.7. The Hall–Kier alpha value is -5.18. The third-order valence-electron chi connectivity index (χ3n) is 9.43. The first kappa shape index (κ1) is 38.1. The van der Waals surface area contributed by atoms with Crippen molar-refractivity contribution in [1.82, 2.24) is 34.7 Å². The lowest BCUT2D eigenvalue weighted by molar-refractivity contribution is -0.154. The molecule has 2 aromatic heterocycles. The molecule has 2 fully saturated rings. The van der Waals surface area contributed by atoms with E-state index in [0.29, 0.717) is 41.4 Å². The van der Waals surface area contributed by atoms with Gasteiger partial charge in [0.25, 0.3) is 0 Å². The number of rotatable bonds is 11. The van der Waals surface area contributed by atoms with Crippen molar-refractivity contribution in [3.8, 4) is 11.1 Å². The monoisotopic (exact) mass is 719 g/mol. The molecule has 14 nitrogen and oxygen atoms in total. The highest BCUT2D eigenvalue weighted by Gasteiger charge is 2.54. The standard InChI is InChI=1S/C30H31FN6O5.C7H15NO2/c1-34(8-9-38)26(40)15-37-23-5-3-4-20(21-11-24-18(10-22(21)31)14-32-35(24)2)28(23)29(33-37)19-12-30(13-19)16-36(17-30)25(39)6-7-27(41)42;1-7(2,3)10-6(9)5-8-4/h3-5,9-11,14,19H,6-8,12-13,15-17H2,1-2H3,(H,41,42);8H,5H2,1-4H3. The second kappa shape index (κ2) is 15.2. The molecule has 0 bridgehead atoms. The number of hydrogen-bond donors (Lipinski definition) is 2. The molecule has 0 unspecified atom stereocenters. The van der Waals surface area contributed by atoms with Crippen molar-refractivity contribution >= 4 is 51.8 Å². The zero-order valence-corrected chi connectivity index (χ0v) is 30.4. The Labute approximate surface area is 300 Å². The van der Waals surface area contributed by atoms with Crippen LogP contribution in [0.1, 0.15) is 58.1 Å². The smallest absolute Gasteiger partial charge is 0.320 e. The number of ether oxygens (including phenoxy) is 1. The number of carboxylic acids is 1. The van der Waals surface area contributed by atoms with E-state index >= 15 is 4.39 Å². The van der Waals surface area contributed by atoms with Crippen LogP contribution >= 0.6 is 0 Å². The number of carboxylic acid groups (broad SMARTS) is 1. The summed E-state index contributed by atoms with van der Waals surface area (Å²) in [7, 11) is 5.07. The van der Waals surface area contributed by atoms with Gasteiger partial charge in [-0.3, -0.25) is 28.5 Å². The number of nitrogens with zero attached hydrogens (tertiary/aromatic N) is 6. The van der Waals surface area contributed by atoms with E-state index in [9.17, 15) is 24.0 Å². The van der Waals surface area contributed by atoms with Gasteiger partial charge in [-0.05, 0) is 64.4 Å². The molecule has 3 heterocycles. The fourth-order valence-electron chi connectivity index (χ4n) is 7.00. The molecular formula is C37H46FN7O7. The number of benzene rings is 2. The van der Waals surface area contributed by atoms with E-state index in [2.05, 4.69) is 10.4 Å². The van der Waals surface area contributed by atoms with E-state index in [1.54, 1.807) is 47.7 Å². The van der Waals surface area contributed by atoms with Gasteiger partial charge in [-0.2, -0.15) is 10.2 Å². The predicted octanol–water partition coefficient (Wildman–Crippen LogP) is 3.50. The molecule has 1 aliphatic heterocycles. The number of aldehydes is 1. The highest BCUT2D eigenvalue weighted by atomic mass is 19.1. The number of amides is 2. The Morgan fingerprint density at radius 3 is 2.46 bits per heavy atom. The Bertz CT molecular complexity index is 2000. The Morgan fingerprint density at radius 1 is 1.12 bits per heavy atom. The van der Waals surface area contributed by atoms with Gasteiger partial charge in [0, 0.05) is 61.3 Å². The summed E-state index contributed by atoms with van der Waals surface area (Å²) in [5.41, 5.74) is 2.92. The lowest BCUT2D eigenvalue weighted by Crippen LogP contribution is -2.63. The lowest BCUT2D eigenvalue weighted by Gasteiger charge is -2.59. The van der Waals surface area contributed by atoms with Crippen LogP contribution in [0.2, 0.25) is 0 Å². The van der Waals surface area contributed by atoms with Crippen LogP contribution < -0.4 is 5.32 Å². The van der Waals surface area contributed by atoms with Crippen LogP contribution in [0.15, 0.2) is 36.5 Å². The normalized spacial score (nSPS) is 15.1. The number of aryl methyl sites for hydroxylation is 1. The molecule has 6 rings (SSSR count). The van der Waals surface area contributed by atoms with E-state index in [0.717, 1.165) is 29.4 Å². The molecule has 2 aliphatic rings. The Balaban J connectivity index is 0.000000459. The molecule has 0 radical (unpaired) electrons. The van der Waals surface area contributed by atoms with Crippen LogP contribution in [0.5, 0.6) is 0 Å². The Morgan fingerprint density at radius 2 is 1.83 bits per heavy atom. The number of likely N-dealkylation sites (tertiary alicyclic amines) is 1. The van der Waals surface area contributed by atoms with Gasteiger partial charge in [0.15, 0.2) is 0 Å². The molecule has 2 aromatic carbocycles. The number of carbonyl (C=O) groups excluding carboxylic acids is 4. The number of halogens is 1. The van der Waals surface area contributed by atoms with Crippen LogP contribution in [-0.2, 0) is 42.3 Å². The third-order valence-corrected chi connectivity index (χ3v) is 9.43. The SMILES string of the molecule is CN(CC=O)C(=O)Cn1nc(C2CC3(C2)CN(C(=O)CCC(=O)O)C3)c2c(-c3cc4c(cnn4C)cc3F)cccc21.CNCC(=O)OC(C)(C)C. The third kappa shape index (κ3) is 8.30. The average molecular weight is 720 g/mol. The fourth-order valence-corrected chi connectivity index (χ4v) is 7.00. The van der Waals surface area contributed by atoms with Crippen molar-refractivity contribution in [2.24, 2.45) is 12.5 Å². The molecule has 0 atom stereocenters. The van der Waals surface area contributed by atoms with Gasteiger partial charge in [0.1, 0.15) is 24.2 Å². The topological polar surface area (TPSA) is 169 Å². The minimum absolute atomic E-state index is 0.00754. The molecule has 1 saturated carbocycles. The largest absolute Gasteiger partial charge is 0.481 e. The molecule has 1 spiro atoms. The van der Waals surface area contributed by atoms with E-state index in [1.165, 1.54) is 11.0 Å². The summed E-state index contributed by atoms with van der Waals surface area (Å²) in [5.74, 6) is -1.97. The molecule has 15 heteroatoms. The summed E-state index contributed by atoms with van der Waals surface area (Å²) in [6.45, 7) is 6.87. The second-order valence-electron chi connectivity index (χ2n) is 14.7.